The number of aromatic nitrogens is 1. The van der Waals surface area contributed by atoms with Gasteiger partial charge >= 0.3 is 12.1 Å². The zero-order valence-electron chi connectivity index (χ0n) is 18.6. The van der Waals surface area contributed by atoms with Crippen LogP contribution >= 0.6 is 0 Å². The predicted molar refractivity (Wildman–Crippen MR) is 126 cm³/mol. The van der Waals surface area contributed by atoms with E-state index in [1.54, 1.807) is 6.07 Å². The Bertz CT molecular complexity index is 1140. The van der Waals surface area contributed by atoms with Crippen LogP contribution in [0.2, 0.25) is 0 Å². The topological polar surface area (TPSA) is 97.8 Å². The second-order valence-electron chi connectivity index (χ2n) is 8.75. The number of carbonyl (C=O) groups is 2. The zero-order chi connectivity index (χ0) is 23.5. The van der Waals surface area contributed by atoms with Gasteiger partial charge in [-0.15, -0.1) is 0 Å². The molecule has 0 spiro atoms. The highest BCUT2D eigenvalue weighted by molar-refractivity contribution is 5.87. The molecule has 1 heterocycles. The van der Waals surface area contributed by atoms with Gasteiger partial charge in [0.05, 0.1) is 5.56 Å². The third kappa shape index (κ3) is 4.59. The number of carboxylic acid groups (broad SMARTS) is 1. The van der Waals surface area contributed by atoms with Gasteiger partial charge < -0.3 is 19.9 Å². The number of carbonyl (C=O) groups excluding carboxylic acids is 1. The highest BCUT2D eigenvalue weighted by atomic mass is 16.5. The number of nitrogens with one attached hydrogen (secondary N) is 1. The number of hydrogen-bond acceptors (Lipinski definition) is 5. The van der Waals surface area contributed by atoms with Crippen molar-refractivity contribution in [1.82, 2.24) is 10.3 Å². The van der Waals surface area contributed by atoms with Gasteiger partial charge in [-0.05, 0) is 54.0 Å². The molecule has 0 atom stereocenters. The monoisotopic (exact) mass is 458 g/mol. The Morgan fingerprint density at radius 2 is 1.56 bits per heavy atom. The number of ether oxygens (including phenoxy) is 2. The van der Waals surface area contributed by atoms with Gasteiger partial charge in [-0.1, -0.05) is 48.5 Å². The van der Waals surface area contributed by atoms with E-state index in [4.69, 9.17) is 14.6 Å². The van der Waals surface area contributed by atoms with Gasteiger partial charge in [0.15, 0.2) is 0 Å². The summed E-state index contributed by atoms with van der Waals surface area (Å²) in [7, 11) is 0. The van der Waals surface area contributed by atoms with Crippen molar-refractivity contribution in [2.75, 3.05) is 6.61 Å². The molecule has 34 heavy (non-hydrogen) atoms. The van der Waals surface area contributed by atoms with Crippen LogP contribution in [0, 0.1) is 0 Å². The number of alkyl carbamates (subject to hydrolysis) is 1. The number of pyridine rings is 1. The molecular formula is C27H26N2O5. The van der Waals surface area contributed by atoms with Crippen LogP contribution in [-0.4, -0.2) is 40.9 Å². The minimum atomic E-state index is -1.01. The number of nitrogens with zero attached hydrogens (tertiary/aromatic N) is 1. The SMILES string of the molecule is O=C(NC1CCC(Oc2ccc(C(=O)O)cn2)CC1)OCC1c2ccccc2-c2ccccc21. The molecule has 2 aliphatic rings. The van der Waals surface area contributed by atoms with Crippen molar-refractivity contribution in [3.8, 4) is 17.0 Å². The van der Waals surface area contributed by atoms with Crippen LogP contribution in [0.25, 0.3) is 11.1 Å². The minimum absolute atomic E-state index is 0.0104. The maximum atomic E-state index is 12.5. The first-order chi connectivity index (χ1) is 16.6. The number of carboxylic acids is 1. The smallest absolute Gasteiger partial charge is 0.407 e. The molecule has 3 aromatic rings. The lowest BCUT2D eigenvalue weighted by Gasteiger charge is -2.29. The molecule has 174 valence electrons. The van der Waals surface area contributed by atoms with Crippen LogP contribution in [0.4, 0.5) is 4.79 Å². The molecule has 0 unspecified atom stereocenters. The average Bonchev–Trinajstić information content (AvgIpc) is 3.18. The summed E-state index contributed by atoms with van der Waals surface area (Å²) in [4.78, 5) is 27.5. The van der Waals surface area contributed by atoms with Crippen molar-refractivity contribution in [1.29, 1.82) is 0 Å². The van der Waals surface area contributed by atoms with E-state index >= 15 is 0 Å². The van der Waals surface area contributed by atoms with Gasteiger partial charge in [-0.25, -0.2) is 14.6 Å². The molecule has 0 aliphatic heterocycles. The van der Waals surface area contributed by atoms with Crippen LogP contribution in [-0.2, 0) is 4.74 Å². The van der Waals surface area contributed by atoms with Crippen molar-refractivity contribution >= 4 is 12.1 Å². The quantitative estimate of drug-likeness (QED) is 0.539. The summed E-state index contributed by atoms with van der Waals surface area (Å²) < 4.78 is 11.5. The van der Waals surface area contributed by atoms with Crippen molar-refractivity contribution in [2.45, 2.75) is 43.7 Å². The summed E-state index contributed by atoms with van der Waals surface area (Å²) in [5, 5.41) is 12.0. The Morgan fingerprint density at radius 1 is 0.912 bits per heavy atom. The summed E-state index contributed by atoms with van der Waals surface area (Å²) in [6, 6.07) is 19.6. The molecule has 5 rings (SSSR count). The lowest BCUT2D eigenvalue weighted by molar-refractivity contribution is 0.0696. The van der Waals surface area contributed by atoms with Crippen molar-refractivity contribution in [2.24, 2.45) is 0 Å². The molecule has 7 heteroatoms. The van der Waals surface area contributed by atoms with Crippen molar-refractivity contribution < 1.29 is 24.2 Å². The van der Waals surface area contributed by atoms with E-state index < -0.39 is 12.1 Å². The fourth-order valence-electron chi connectivity index (χ4n) is 4.88. The lowest BCUT2D eigenvalue weighted by Crippen LogP contribution is -2.40. The van der Waals surface area contributed by atoms with Crippen LogP contribution in [0.3, 0.4) is 0 Å². The number of hydrogen-bond donors (Lipinski definition) is 2. The van der Waals surface area contributed by atoms with Crippen molar-refractivity contribution in [3.05, 3.63) is 83.6 Å². The third-order valence-corrected chi connectivity index (χ3v) is 6.61. The van der Waals surface area contributed by atoms with E-state index in [-0.39, 0.29) is 23.6 Å². The predicted octanol–water partition coefficient (Wildman–Crippen LogP) is 5.01. The van der Waals surface area contributed by atoms with Gasteiger partial charge in [0.2, 0.25) is 5.88 Å². The summed E-state index contributed by atoms with van der Waals surface area (Å²) in [5.41, 5.74) is 4.93. The molecule has 0 saturated heterocycles. The standard InChI is InChI=1S/C27H26N2O5/c30-26(31)17-9-14-25(28-15-17)34-19-12-10-18(11-13-19)29-27(32)33-16-24-22-7-3-1-5-20(22)21-6-2-4-8-23(21)24/h1-9,14-15,18-19,24H,10-13,16H2,(H,29,32)(H,30,31). The largest absolute Gasteiger partial charge is 0.478 e. The normalized spacial score (nSPS) is 19.1. The molecule has 7 nitrogen and oxygen atoms in total. The lowest BCUT2D eigenvalue weighted by atomic mass is 9.93. The highest BCUT2D eigenvalue weighted by Gasteiger charge is 2.30. The number of amides is 1. The van der Waals surface area contributed by atoms with Crippen LogP contribution < -0.4 is 10.1 Å². The fourth-order valence-corrected chi connectivity index (χ4v) is 4.88. The molecule has 2 aliphatic carbocycles. The van der Waals surface area contributed by atoms with E-state index in [1.165, 1.54) is 34.5 Å². The van der Waals surface area contributed by atoms with Crippen LogP contribution in [0.1, 0.15) is 53.1 Å². The van der Waals surface area contributed by atoms with Crippen LogP contribution in [0.15, 0.2) is 66.9 Å². The van der Waals surface area contributed by atoms with Gasteiger partial charge in [0, 0.05) is 24.2 Å². The van der Waals surface area contributed by atoms with E-state index in [2.05, 4.69) is 34.6 Å². The van der Waals surface area contributed by atoms with Gasteiger partial charge in [-0.2, -0.15) is 0 Å². The molecule has 0 radical (unpaired) electrons. The number of fused-ring (bicyclic) bond motifs is 3. The molecule has 2 aromatic carbocycles. The zero-order valence-corrected chi connectivity index (χ0v) is 18.6. The van der Waals surface area contributed by atoms with E-state index in [0.29, 0.717) is 12.5 Å². The summed E-state index contributed by atoms with van der Waals surface area (Å²) in [6.07, 6.45) is 4.00. The van der Waals surface area contributed by atoms with Crippen molar-refractivity contribution in [3.63, 3.8) is 0 Å². The van der Waals surface area contributed by atoms with Gasteiger partial charge in [0.25, 0.3) is 0 Å². The molecule has 1 saturated carbocycles. The summed E-state index contributed by atoms with van der Waals surface area (Å²) in [5.74, 6) is -0.556. The second-order valence-corrected chi connectivity index (χ2v) is 8.75. The maximum absolute atomic E-state index is 12.5. The number of benzene rings is 2. The summed E-state index contributed by atoms with van der Waals surface area (Å²) in [6.45, 7) is 0.302. The Balaban J connectivity index is 1.10. The Hall–Kier alpha value is -3.87. The van der Waals surface area contributed by atoms with Crippen LogP contribution in [0.5, 0.6) is 5.88 Å². The van der Waals surface area contributed by atoms with Gasteiger partial charge in [-0.3, -0.25) is 0 Å². The Labute approximate surface area is 197 Å². The summed E-state index contributed by atoms with van der Waals surface area (Å²) >= 11 is 0. The van der Waals surface area contributed by atoms with Gasteiger partial charge in [0.1, 0.15) is 12.7 Å². The minimum Gasteiger partial charge on any atom is -0.478 e. The molecule has 1 fully saturated rings. The highest BCUT2D eigenvalue weighted by Crippen LogP contribution is 2.44. The second kappa shape index (κ2) is 9.55. The molecular weight excluding hydrogens is 432 g/mol. The number of rotatable bonds is 6. The van der Waals surface area contributed by atoms with E-state index in [0.717, 1.165) is 25.7 Å². The molecule has 2 N–H and O–H groups in total. The van der Waals surface area contributed by atoms with E-state index in [1.807, 2.05) is 24.3 Å². The Morgan fingerprint density at radius 3 is 2.15 bits per heavy atom. The first-order valence-electron chi connectivity index (χ1n) is 11.6. The average molecular weight is 459 g/mol. The fraction of sp³-hybridized carbons (Fsp3) is 0.296. The molecule has 1 amide bonds. The number of aromatic carboxylic acids is 1. The Kier molecular flexibility index (Phi) is 6.16. The first kappa shape index (κ1) is 21.9. The van der Waals surface area contributed by atoms with E-state index in [9.17, 15) is 9.59 Å². The molecule has 1 aromatic heterocycles. The first-order valence-corrected chi connectivity index (χ1v) is 11.6. The third-order valence-electron chi connectivity index (χ3n) is 6.61. The maximum Gasteiger partial charge on any atom is 0.407 e. The molecule has 0 bridgehead atoms.